The van der Waals surface area contributed by atoms with Crippen molar-refractivity contribution in [1.29, 1.82) is 0 Å². The van der Waals surface area contributed by atoms with Gasteiger partial charge in [-0.3, -0.25) is 0 Å². The van der Waals surface area contributed by atoms with Crippen LogP contribution in [0.3, 0.4) is 0 Å². The third-order valence-electron chi connectivity index (χ3n) is 5.51. The summed E-state index contributed by atoms with van der Waals surface area (Å²) in [5.41, 5.74) is 5.99. The maximum Gasteiger partial charge on any atom is 0.222 e. The van der Waals surface area contributed by atoms with E-state index in [1.807, 2.05) is 12.1 Å². The van der Waals surface area contributed by atoms with E-state index < -0.39 is 13.9 Å². The molecule has 0 N–H and O–H groups in total. The minimum Gasteiger partial charge on any atom is -0.235 e. The van der Waals surface area contributed by atoms with E-state index in [2.05, 4.69) is 66.9 Å². The lowest BCUT2D eigenvalue weighted by atomic mass is 9.97. The smallest absolute Gasteiger partial charge is 0.222 e. The second-order valence-corrected chi connectivity index (χ2v) is 11.7. The first-order chi connectivity index (χ1) is 12.4. The summed E-state index contributed by atoms with van der Waals surface area (Å²) in [6.07, 6.45) is 2.05. The Morgan fingerprint density at radius 1 is 1.00 bits per heavy atom. The van der Waals surface area contributed by atoms with Gasteiger partial charge < -0.3 is 0 Å². The summed E-state index contributed by atoms with van der Waals surface area (Å²) in [4.78, 5) is 3.57. The van der Waals surface area contributed by atoms with E-state index in [1.165, 1.54) is 22.4 Å². The van der Waals surface area contributed by atoms with Gasteiger partial charge in [0.05, 0.1) is 6.57 Å². The van der Waals surface area contributed by atoms with Crippen LogP contribution < -0.4 is 14.9 Å². The van der Waals surface area contributed by atoms with Gasteiger partial charge in [-0.2, -0.15) is 0 Å². The number of fused-ring (bicyclic) bond motifs is 3. The maximum atomic E-state index is 14.4. The summed E-state index contributed by atoms with van der Waals surface area (Å²) in [5.74, 6) is -0.407. The highest BCUT2D eigenvalue weighted by Gasteiger charge is 2.43. The Kier molecular flexibility index (Phi) is 3.60. The lowest BCUT2D eigenvalue weighted by Gasteiger charge is -2.23. The molecule has 1 aliphatic heterocycles. The molecule has 128 valence electrons. The minimum atomic E-state index is -2.23. The van der Waals surface area contributed by atoms with Crippen molar-refractivity contribution in [2.24, 2.45) is 7.05 Å². The van der Waals surface area contributed by atoms with Crippen LogP contribution in [0.1, 0.15) is 5.56 Å². The van der Waals surface area contributed by atoms with Gasteiger partial charge in [0, 0.05) is 17.7 Å². The van der Waals surface area contributed by atoms with Gasteiger partial charge >= 0.3 is 0 Å². The summed E-state index contributed by atoms with van der Waals surface area (Å²) in [6.45, 7) is 14.1. The largest absolute Gasteiger partial charge is 0.235 e. The normalized spacial score (nSPS) is 13.8. The molecule has 0 spiro atoms. The van der Waals surface area contributed by atoms with E-state index in [0.29, 0.717) is 0 Å². The molecule has 2 heterocycles. The first kappa shape index (κ1) is 16.7. The molecule has 2 aromatic carbocycles. The Morgan fingerprint density at radius 2 is 1.69 bits per heavy atom. The Balaban J connectivity index is 2.14. The van der Waals surface area contributed by atoms with E-state index in [1.54, 1.807) is 0 Å². The van der Waals surface area contributed by atoms with Crippen LogP contribution in [-0.4, -0.2) is 8.07 Å². The van der Waals surface area contributed by atoms with Crippen molar-refractivity contribution in [3.8, 4) is 22.4 Å². The predicted molar refractivity (Wildman–Crippen MR) is 106 cm³/mol. The average Bonchev–Trinajstić information content (AvgIpc) is 2.84. The number of nitrogens with zero attached hydrogens (tertiary/aromatic N) is 2. The topological polar surface area (TPSA) is 8.24 Å². The molecule has 1 aromatic heterocycles. The minimum absolute atomic E-state index is 0.205. The Hall–Kier alpha value is -2.77. The lowest BCUT2D eigenvalue weighted by Crippen LogP contribution is -2.51. The predicted octanol–water partition coefficient (Wildman–Crippen LogP) is 3.98. The van der Waals surface area contributed by atoms with Crippen LogP contribution in [0.4, 0.5) is 10.1 Å². The van der Waals surface area contributed by atoms with Gasteiger partial charge in [0.2, 0.25) is 11.4 Å². The molecule has 0 fully saturated rings. The van der Waals surface area contributed by atoms with E-state index in [0.717, 1.165) is 22.0 Å². The molecule has 4 heteroatoms. The number of benzene rings is 2. The summed E-state index contributed by atoms with van der Waals surface area (Å²) in [5, 5.41) is 2.25. The van der Waals surface area contributed by atoms with Crippen LogP contribution in [0.15, 0.2) is 48.7 Å². The average molecular weight is 360 g/mol. The lowest BCUT2D eigenvalue weighted by molar-refractivity contribution is -0.660. The molecule has 0 unspecified atom stereocenters. The molecule has 0 saturated carbocycles. The zero-order chi connectivity index (χ0) is 18.6. The quantitative estimate of drug-likeness (QED) is 0.353. The number of hydrogen-bond acceptors (Lipinski definition) is 0. The number of pyridine rings is 1. The van der Waals surface area contributed by atoms with E-state index in [4.69, 9.17) is 6.57 Å². The molecular weight excluding hydrogens is 339 g/mol. The SMILES string of the molecule is [C-]#[N+]c1c(F)ccc2c1[Si](C)(C)c1c-2ccc(C)c1-c1cccc[n+]1C. The number of hydrogen-bond donors (Lipinski definition) is 0. The van der Waals surface area contributed by atoms with Crippen molar-refractivity contribution in [2.75, 3.05) is 0 Å². The maximum absolute atomic E-state index is 14.4. The Labute approximate surface area is 154 Å². The summed E-state index contributed by atoms with van der Waals surface area (Å²) in [7, 11) is -0.176. The second-order valence-electron chi connectivity index (χ2n) is 7.43. The number of halogens is 1. The fraction of sp³-hybridized carbons (Fsp3) is 0.182. The second kappa shape index (κ2) is 5.62. The third kappa shape index (κ3) is 2.11. The molecule has 4 rings (SSSR count). The zero-order valence-corrected chi connectivity index (χ0v) is 16.4. The first-order valence-corrected chi connectivity index (χ1v) is 11.7. The first-order valence-electron chi connectivity index (χ1n) is 8.68. The van der Waals surface area contributed by atoms with Gasteiger partial charge in [0.25, 0.3) is 0 Å². The van der Waals surface area contributed by atoms with Gasteiger partial charge in [0.1, 0.15) is 20.9 Å². The fourth-order valence-corrected chi connectivity index (χ4v) is 8.10. The van der Waals surface area contributed by atoms with Gasteiger partial charge in [-0.1, -0.05) is 31.3 Å². The number of aromatic nitrogens is 1. The van der Waals surface area contributed by atoms with Gasteiger partial charge in [-0.05, 0) is 46.1 Å². The Bertz CT molecular complexity index is 1110. The van der Waals surface area contributed by atoms with E-state index >= 15 is 0 Å². The fourth-order valence-electron chi connectivity index (χ4n) is 4.35. The molecule has 2 nitrogen and oxygen atoms in total. The van der Waals surface area contributed by atoms with Gasteiger partial charge in [-0.15, -0.1) is 0 Å². The van der Waals surface area contributed by atoms with Crippen molar-refractivity contribution < 1.29 is 8.96 Å². The van der Waals surface area contributed by atoms with Gasteiger partial charge in [-0.25, -0.2) is 13.8 Å². The highest BCUT2D eigenvalue weighted by Crippen LogP contribution is 2.37. The monoisotopic (exact) mass is 359 g/mol. The van der Waals surface area contributed by atoms with Crippen molar-refractivity contribution in [3.05, 3.63) is 71.5 Å². The molecular formula is C22H20FN2Si+. The van der Waals surface area contributed by atoms with Crippen LogP contribution in [0.25, 0.3) is 27.2 Å². The number of rotatable bonds is 1. The van der Waals surface area contributed by atoms with Crippen molar-refractivity contribution in [2.45, 2.75) is 20.0 Å². The highest BCUT2D eigenvalue weighted by atomic mass is 28.3. The summed E-state index contributed by atoms with van der Waals surface area (Å²) in [6, 6.07) is 13.8. The molecule has 0 amide bonds. The third-order valence-corrected chi connectivity index (χ3v) is 9.03. The van der Waals surface area contributed by atoms with E-state index in [9.17, 15) is 4.39 Å². The molecule has 0 radical (unpaired) electrons. The molecule has 3 aromatic rings. The van der Waals surface area contributed by atoms with E-state index in [-0.39, 0.29) is 5.69 Å². The van der Waals surface area contributed by atoms with Crippen LogP contribution in [-0.2, 0) is 7.05 Å². The van der Waals surface area contributed by atoms with Crippen molar-refractivity contribution in [3.63, 3.8) is 0 Å². The van der Waals surface area contributed by atoms with Crippen molar-refractivity contribution in [1.82, 2.24) is 0 Å². The molecule has 0 saturated heterocycles. The molecule has 1 aliphatic rings. The van der Waals surface area contributed by atoms with Crippen LogP contribution in [0, 0.1) is 19.3 Å². The Morgan fingerprint density at radius 3 is 2.38 bits per heavy atom. The molecule has 0 bridgehead atoms. The zero-order valence-electron chi connectivity index (χ0n) is 15.4. The molecule has 0 atom stereocenters. The standard InChI is InChI=1S/C22H20FN2Si/c1-14-9-10-15-16-11-12-17(23)20(24-2)22(16)26(4,5)21(15)19(14)18-8-6-7-13-25(18)3/h6-13H,1,3-5H3/q+1. The van der Waals surface area contributed by atoms with Crippen LogP contribution in [0.5, 0.6) is 0 Å². The van der Waals surface area contributed by atoms with Gasteiger partial charge in [0.15, 0.2) is 6.20 Å². The summed E-state index contributed by atoms with van der Waals surface area (Å²) >= 11 is 0. The van der Waals surface area contributed by atoms with Crippen LogP contribution in [0.2, 0.25) is 13.1 Å². The van der Waals surface area contributed by atoms with Crippen molar-refractivity contribution >= 4 is 24.1 Å². The van der Waals surface area contributed by atoms with Crippen LogP contribution >= 0.6 is 0 Å². The molecule has 0 aliphatic carbocycles. The highest BCUT2D eigenvalue weighted by molar-refractivity contribution is 7.05. The number of aryl methyl sites for hydroxylation is 2. The molecule has 26 heavy (non-hydrogen) atoms. The summed E-state index contributed by atoms with van der Waals surface area (Å²) < 4.78 is 16.5.